The van der Waals surface area contributed by atoms with Crippen LogP contribution in [0.25, 0.3) is 10.9 Å². The summed E-state index contributed by atoms with van der Waals surface area (Å²) in [6.07, 6.45) is -0.695. The van der Waals surface area contributed by atoms with E-state index >= 15 is 0 Å². The van der Waals surface area contributed by atoms with Crippen LogP contribution in [0.5, 0.6) is 0 Å². The van der Waals surface area contributed by atoms with E-state index in [1.165, 1.54) is 6.33 Å². The number of benzene rings is 1. The van der Waals surface area contributed by atoms with E-state index in [-0.39, 0.29) is 5.88 Å². The molecule has 1 aromatic carbocycles. The quantitative estimate of drug-likeness (QED) is 0.662. The Balaban J connectivity index is 2.47. The summed E-state index contributed by atoms with van der Waals surface area (Å²) in [5.41, 5.74) is 1.21. The second-order valence-electron chi connectivity index (χ2n) is 3.61. The summed E-state index contributed by atoms with van der Waals surface area (Å²) in [4.78, 5) is 7.90. The molecule has 2 aromatic rings. The third kappa shape index (κ3) is 2.50. The second-order valence-corrected chi connectivity index (χ2v) is 4.27. The minimum absolute atomic E-state index is 0.0434. The van der Waals surface area contributed by atoms with Gasteiger partial charge >= 0.3 is 0 Å². The number of nitrogens with zero attached hydrogens (tertiary/aromatic N) is 2. The normalized spacial score (nSPS) is 14.8. The molecule has 0 aliphatic heterocycles. The molecule has 0 saturated heterocycles. The lowest BCUT2D eigenvalue weighted by Crippen LogP contribution is -2.19. The molecule has 0 spiro atoms. The summed E-state index contributed by atoms with van der Waals surface area (Å²) in [7, 11) is 0. The first-order valence-corrected chi connectivity index (χ1v) is 5.87. The van der Waals surface area contributed by atoms with Gasteiger partial charge in [-0.15, -0.1) is 11.6 Å². The van der Waals surface area contributed by atoms with Crippen molar-refractivity contribution >= 4 is 34.1 Å². The van der Waals surface area contributed by atoms with E-state index in [1.54, 1.807) is 18.2 Å². The first-order valence-electron chi connectivity index (χ1n) is 4.95. The van der Waals surface area contributed by atoms with Gasteiger partial charge in [-0.3, -0.25) is 0 Å². The molecule has 2 unspecified atom stereocenters. The predicted molar refractivity (Wildman–Crippen MR) is 66.2 cm³/mol. The summed E-state index contributed by atoms with van der Waals surface area (Å²) in [5, 5.41) is 20.2. The molecule has 4 nitrogen and oxygen atoms in total. The topological polar surface area (TPSA) is 66.2 Å². The molecule has 0 radical (unpaired) electrons. The van der Waals surface area contributed by atoms with Crippen LogP contribution in [0, 0.1) is 0 Å². The van der Waals surface area contributed by atoms with Crippen LogP contribution >= 0.6 is 23.2 Å². The maximum Gasteiger partial charge on any atom is 0.140 e. The summed E-state index contributed by atoms with van der Waals surface area (Å²) in [5.74, 6) is -0.0434. The van der Waals surface area contributed by atoms with Crippen molar-refractivity contribution in [2.75, 3.05) is 5.88 Å². The highest BCUT2D eigenvalue weighted by Crippen LogP contribution is 2.25. The fourth-order valence-electron chi connectivity index (χ4n) is 1.53. The zero-order valence-electron chi connectivity index (χ0n) is 8.72. The van der Waals surface area contributed by atoms with E-state index < -0.39 is 12.2 Å². The molecule has 0 aliphatic rings. The lowest BCUT2D eigenvalue weighted by Gasteiger charge is -2.16. The second kappa shape index (κ2) is 5.14. The van der Waals surface area contributed by atoms with Crippen LogP contribution in [0.2, 0.25) is 5.15 Å². The molecule has 1 aromatic heterocycles. The summed E-state index contributed by atoms with van der Waals surface area (Å²) < 4.78 is 0. The largest absolute Gasteiger partial charge is 0.389 e. The van der Waals surface area contributed by atoms with E-state index in [0.717, 1.165) is 0 Å². The van der Waals surface area contributed by atoms with E-state index in [2.05, 4.69) is 9.97 Å². The van der Waals surface area contributed by atoms with Crippen LogP contribution in [0.4, 0.5) is 0 Å². The molecule has 17 heavy (non-hydrogen) atoms. The van der Waals surface area contributed by atoms with E-state index in [1.807, 2.05) is 0 Å². The van der Waals surface area contributed by atoms with Gasteiger partial charge in [-0.25, -0.2) is 9.97 Å². The zero-order valence-corrected chi connectivity index (χ0v) is 10.2. The molecule has 2 N–H and O–H groups in total. The highest BCUT2D eigenvalue weighted by atomic mass is 35.5. The maximum absolute atomic E-state index is 9.82. The molecule has 0 bridgehead atoms. The first-order chi connectivity index (χ1) is 8.13. The van der Waals surface area contributed by atoms with Crippen molar-refractivity contribution in [1.82, 2.24) is 9.97 Å². The monoisotopic (exact) mass is 272 g/mol. The molecule has 0 fully saturated rings. The molecule has 2 atom stereocenters. The van der Waals surface area contributed by atoms with Gasteiger partial charge < -0.3 is 10.2 Å². The fourth-order valence-corrected chi connectivity index (χ4v) is 1.90. The van der Waals surface area contributed by atoms with Crippen molar-refractivity contribution in [3.8, 4) is 0 Å². The van der Waals surface area contributed by atoms with Gasteiger partial charge in [-0.2, -0.15) is 0 Å². The molecule has 6 heteroatoms. The van der Waals surface area contributed by atoms with Crippen LogP contribution < -0.4 is 0 Å². The number of hydrogen-bond acceptors (Lipinski definition) is 4. The minimum Gasteiger partial charge on any atom is -0.389 e. The highest BCUT2D eigenvalue weighted by Gasteiger charge is 2.18. The van der Waals surface area contributed by atoms with Gasteiger partial charge in [0.05, 0.1) is 17.5 Å². The van der Waals surface area contributed by atoms with E-state index in [9.17, 15) is 10.2 Å². The Kier molecular flexibility index (Phi) is 3.79. The van der Waals surface area contributed by atoms with Crippen molar-refractivity contribution in [1.29, 1.82) is 0 Å². The zero-order chi connectivity index (χ0) is 12.4. The van der Waals surface area contributed by atoms with E-state index in [4.69, 9.17) is 23.2 Å². The predicted octanol–water partition coefficient (Wildman–Crippen LogP) is 1.92. The standard InChI is InChI=1S/C11H10Cl2N2O2/c12-4-9(16)10(17)6-1-2-8-7(3-6)11(13)15-5-14-8/h1-3,5,9-10,16-17H,4H2. The van der Waals surface area contributed by atoms with Crippen molar-refractivity contribution in [3.05, 3.63) is 35.2 Å². The average Bonchev–Trinajstić information content (AvgIpc) is 2.37. The molecule has 2 rings (SSSR count). The smallest absolute Gasteiger partial charge is 0.140 e. The van der Waals surface area contributed by atoms with Gasteiger partial charge in [0.2, 0.25) is 0 Å². The van der Waals surface area contributed by atoms with Crippen LogP contribution in [0.15, 0.2) is 24.5 Å². The van der Waals surface area contributed by atoms with Crippen molar-refractivity contribution in [3.63, 3.8) is 0 Å². The molecule has 0 saturated carbocycles. The molecule has 90 valence electrons. The number of rotatable bonds is 3. The molecule has 1 heterocycles. The Bertz CT molecular complexity index is 536. The third-order valence-electron chi connectivity index (χ3n) is 2.47. The van der Waals surface area contributed by atoms with Crippen LogP contribution in [-0.2, 0) is 0 Å². The van der Waals surface area contributed by atoms with Crippen molar-refractivity contribution in [2.45, 2.75) is 12.2 Å². The van der Waals surface area contributed by atoms with Gasteiger partial charge in [-0.1, -0.05) is 17.7 Å². The Hall–Kier alpha value is -0.940. The van der Waals surface area contributed by atoms with Gasteiger partial charge in [0.1, 0.15) is 17.6 Å². The fraction of sp³-hybridized carbons (Fsp3) is 0.273. The van der Waals surface area contributed by atoms with E-state index in [0.29, 0.717) is 21.6 Å². The lowest BCUT2D eigenvalue weighted by molar-refractivity contribution is 0.0328. The van der Waals surface area contributed by atoms with Gasteiger partial charge in [0.15, 0.2) is 0 Å². The third-order valence-corrected chi connectivity index (χ3v) is 3.09. The number of alkyl halides is 1. The van der Waals surface area contributed by atoms with Crippen LogP contribution in [0.1, 0.15) is 11.7 Å². The highest BCUT2D eigenvalue weighted by molar-refractivity contribution is 6.34. The number of hydrogen-bond donors (Lipinski definition) is 2. The first kappa shape index (κ1) is 12.5. The number of fused-ring (bicyclic) bond motifs is 1. The minimum atomic E-state index is -1.05. The average molecular weight is 273 g/mol. The number of aliphatic hydroxyl groups excluding tert-OH is 2. The summed E-state index contributed by atoms with van der Waals surface area (Å²) >= 11 is 11.4. The van der Waals surface area contributed by atoms with Gasteiger partial charge in [-0.05, 0) is 17.7 Å². The van der Waals surface area contributed by atoms with Crippen LogP contribution in [0.3, 0.4) is 0 Å². The van der Waals surface area contributed by atoms with Gasteiger partial charge in [0, 0.05) is 5.39 Å². The molecule has 0 amide bonds. The van der Waals surface area contributed by atoms with Gasteiger partial charge in [0.25, 0.3) is 0 Å². The molecular formula is C11H10Cl2N2O2. The summed E-state index contributed by atoms with van der Waals surface area (Å²) in [6, 6.07) is 5.03. The maximum atomic E-state index is 9.82. The van der Waals surface area contributed by atoms with Crippen molar-refractivity contribution < 1.29 is 10.2 Å². The summed E-state index contributed by atoms with van der Waals surface area (Å²) in [6.45, 7) is 0. The Morgan fingerprint density at radius 3 is 2.71 bits per heavy atom. The molecule has 0 aliphatic carbocycles. The van der Waals surface area contributed by atoms with Crippen molar-refractivity contribution in [2.24, 2.45) is 0 Å². The van der Waals surface area contributed by atoms with Crippen LogP contribution in [-0.4, -0.2) is 32.2 Å². The Morgan fingerprint density at radius 1 is 1.24 bits per heavy atom. The molecular weight excluding hydrogens is 263 g/mol. The number of halogens is 2. The lowest BCUT2D eigenvalue weighted by atomic mass is 10.0. The number of aromatic nitrogens is 2. The Morgan fingerprint density at radius 2 is 2.00 bits per heavy atom. The number of aliphatic hydroxyl groups is 2. The SMILES string of the molecule is OC(CCl)C(O)c1ccc2ncnc(Cl)c2c1. The Labute approximate surface area is 108 Å².